The van der Waals surface area contributed by atoms with E-state index in [0.717, 1.165) is 12.1 Å². The predicted molar refractivity (Wildman–Crippen MR) is 98.0 cm³/mol. The van der Waals surface area contributed by atoms with Crippen LogP contribution in [0.4, 0.5) is 13.2 Å². The Kier molecular flexibility index (Phi) is 7.86. The zero-order chi connectivity index (χ0) is 20.4. The van der Waals surface area contributed by atoms with Crippen molar-refractivity contribution >= 4 is 11.8 Å². The van der Waals surface area contributed by atoms with Gasteiger partial charge >= 0.3 is 6.18 Å². The van der Waals surface area contributed by atoms with Crippen molar-refractivity contribution in [3.63, 3.8) is 0 Å². The maximum atomic E-state index is 12.5. The van der Waals surface area contributed by atoms with Crippen molar-refractivity contribution in [2.24, 2.45) is 0 Å². The van der Waals surface area contributed by atoms with Crippen molar-refractivity contribution in [2.75, 3.05) is 19.7 Å². The Hall–Kier alpha value is -3.03. The lowest BCUT2D eigenvalue weighted by Gasteiger charge is -2.10. The van der Waals surface area contributed by atoms with E-state index in [1.807, 2.05) is 6.07 Å². The number of alkyl halides is 3. The molecule has 2 rings (SSSR count). The van der Waals surface area contributed by atoms with Crippen molar-refractivity contribution in [3.8, 4) is 5.75 Å². The molecule has 5 nitrogen and oxygen atoms in total. The van der Waals surface area contributed by atoms with Gasteiger partial charge in [0, 0.05) is 18.5 Å². The fourth-order valence-electron chi connectivity index (χ4n) is 2.33. The molecule has 0 unspecified atom stereocenters. The second-order valence-corrected chi connectivity index (χ2v) is 5.95. The third kappa shape index (κ3) is 7.30. The SMILES string of the molecule is O=C(CCCNC(=O)c1ccccc1)NCCOc1ccc(C(F)(F)F)cc1. The van der Waals surface area contributed by atoms with Gasteiger partial charge in [0.2, 0.25) is 5.91 Å². The number of carbonyl (C=O) groups excluding carboxylic acids is 2. The van der Waals surface area contributed by atoms with Gasteiger partial charge in [-0.15, -0.1) is 0 Å². The number of rotatable bonds is 9. The number of benzene rings is 2. The molecule has 2 amide bonds. The molecule has 150 valence electrons. The van der Waals surface area contributed by atoms with Crippen molar-refractivity contribution in [2.45, 2.75) is 19.0 Å². The van der Waals surface area contributed by atoms with Crippen LogP contribution in [-0.2, 0) is 11.0 Å². The second-order valence-electron chi connectivity index (χ2n) is 5.95. The summed E-state index contributed by atoms with van der Waals surface area (Å²) in [6.45, 7) is 0.751. The van der Waals surface area contributed by atoms with Crippen molar-refractivity contribution in [1.29, 1.82) is 0 Å². The minimum Gasteiger partial charge on any atom is -0.492 e. The Morgan fingerprint density at radius 2 is 1.57 bits per heavy atom. The highest BCUT2D eigenvalue weighted by Crippen LogP contribution is 2.30. The van der Waals surface area contributed by atoms with Crippen LogP contribution in [0.5, 0.6) is 5.75 Å². The summed E-state index contributed by atoms with van der Waals surface area (Å²) >= 11 is 0. The first-order chi connectivity index (χ1) is 13.4. The lowest BCUT2D eigenvalue weighted by atomic mass is 10.2. The van der Waals surface area contributed by atoms with Gasteiger partial charge in [-0.2, -0.15) is 13.2 Å². The molecular formula is C20H21F3N2O3. The average molecular weight is 394 g/mol. The third-order valence-electron chi connectivity index (χ3n) is 3.78. The summed E-state index contributed by atoms with van der Waals surface area (Å²) < 4.78 is 42.7. The van der Waals surface area contributed by atoms with E-state index in [1.54, 1.807) is 24.3 Å². The van der Waals surface area contributed by atoms with Gasteiger partial charge in [-0.1, -0.05) is 18.2 Å². The molecule has 8 heteroatoms. The summed E-state index contributed by atoms with van der Waals surface area (Å²) in [5, 5.41) is 5.39. The van der Waals surface area contributed by atoms with Crippen LogP contribution in [0.25, 0.3) is 0 Å². The van der Waals surface area contributed by atoms with Crippen LogP contribution < -0.4 is 15.4 Å². The first kappa shape index (κ1) is 21.3. The molecule has 28 heavy (non-hydrogen) atoms. The third-order valence-corrected chi connectivity index (χ3v) is 3.78. The van der Waals surface area contributed by atoms with Gasteiger partial charge in [-0.25, -0.2) is 0 Å². The molecule has 2 aromatic rings. The molecule has 2 N–H and O–H groups in total. The van der Waals surface area contributed by atoms with Crippen LogP contribution >= 0.6 is 0 Å². The lowest BCUT2D eigenvalue weighted by Crippen LogP contribution is -2.29. The monoisotopic (exact) mass is 394 g/mol. The zero-order valence-corrected chi connectivity index (χ0v) is 15.1. The number of hydrogen-bond donors (Lipinski definition) is 2. The molecule has 0 aliphatic carbocycles. The quantitative estimate of drug-likeness (QED) is 0.641. The maximum absolute atomic E-state index is 12.5. The largest absolute Gasteiger partial charge is 0.492 e. The van der Waals surface area contributed by atoms with E-state index in [0.29, 0.717) is 24.3 Å². The van der Waals surface area contributed by atoms with Gasteiger partial charge in [0.25, 0.3) is 5.91 Å². The highest BCUT2D eigenvalue weighted by Gasteiger charge is 2.29. The van der Waals surface area contributed by atoms with Gasteiger partial charge < -0.3 is 15.4 Å². The lowest BCUT2D eigenvalue weighted by molar-refractivity contribution is -0.137. The van der Waals surface area contributed by atoms with Crippen LogP contribution in [-0.4, -0.2) is 31.5 Å². The standard InChI is InChI=1S/C20H21F3N2O3/c21-20(22,23)16-8-10-17(11-9-16)28-14-13-24-18(26)7-4-12-25-19(27)15-5-2-1-3-6-15/h1-3,5-6,8-11H,4,7,12-14H2,(H,24,26)(H,25,27). The van der Waals surface area contributed by atoms with Crippen molar-refractivity contribution in [3.05, 3.63) is 65.7 Å². The van der Waals surface area contributed by atoms with Gasteiger partial charge in [0.1, 0.15) is 12.4 Å². The smallest absolute Gasteiger partial charge is 0.416 e. The molecule has 0 radical (unpaired) electrons. The Morgan fingerprint density at radius 3 is 2.21 bits per heavy atom. The molecular weight excluding hydrogens is 373 g/mol. The Labute approximate surface area is 160 Å². The molecule has 0 aliphatic rings. The summed E-state index contributed by atoms with van der Waals surface area (Å²) in [5.74, 6) is -0.0817. The van der Waals surface area contributed by atoms with Crippen LogP contribution in [0.1, 0.15) is 28.8 Å². The van der Waals surface area contributed by atoms with Crippen molar-refractivity contribution < 1.29 is 27.5 Å². The van der Waals surface area contributed by atoms with E-state index < -0.39 is 11.7 Å². The summed E-state index contributed by atoms with van der Waals surface area (Å²) in [4.78, 5) is 23.5. The van der Waals surface area contributed by atoms with Crippen LogP contribution in [0.2, 0.25) is 0 Å². The first-order valence-electron chi connectivity index (χ1n) is 8.76. The van der Waals surface area contributed by atoms with Crippen molar-refractivity contribution in [1.82, 2.24) is 10.6 Å². The molecule has 0 aliphatic heterocycles. The molecule has 0 saturated heterocycles. The predicted octanol–water partition coefficient (Wildman–Crippen LogP) is 3.41. The minimum atomic E-state index is -4.38. The van der Waals surface area contributed by atoms with E-state index in [4.69, 9.17) is 4.74 Å². The average Bonchev–Trinajstić information content (AvgIpc) is 2.69. The highest BCUT2D eigenvalue weighted by molar-refractivity contribution is 5.94. The van der Waals surface area contributed by atoms with Gasteiger partial charge in [0.05, 0.1) is 12.1 Å². The minimum absolute atomic E-state index is 0.141. The number of hydrogen-bond acceptors (Lipinski definition) is 3. The van der Waals surface area contributed by atoms with E-state index in [1.165, 1.54) is 12.1 Å². The summed E-state index contributed by atoms with van der Waals surface area (Å²) in [5.41, 5.74) is -0.181. The molecule has 0 heterocycles. The number of ether oxygens (including phenoxy) is 1. The van der Waals surface area contributed by atoms with Crippen LogP contribution in [0.15, 0.2) is 54.6 Å². The van der Waals surface area contributed by atoms with Gasteiger partial charge in [-0.05, 0) is 42.8 Å². The topological polar surface area (TPSA) is 67.4 Å². The van der Waals surface area contributed by atoms with Gasteiger partial charge in [0.15, 0.2) is 0 Å². The number of nitrogens with one attached hydrogen (secondary N) is 2. The number of halogens is 3. The summed E-state index contributed by atoms with van der Waals surface area (Å²) in [7, 11) is 0. The van der Waals surface area contributed by atoms with Crippen LogP contribution in [0.3, 0.4) is 0 Å². The van der Waals surface area contributed by atoms with Crippen LogP contribution in [0, 0.1) is 0 Å². The Morgan fingerprint density at radius 1 is 0.893 bits per heavy atom. The van der Waals surface area contributed by atoms with Gasteiger partial charge in [-0.3, -0.25) is 9.59 Å². The molecule has 0 fully saturated rings. The van der Waals surface area contributed by atoms with E-state index >= 15 is 0 Å². The normalized spacial score (nSPS) is 11.0. The van der Waals surface area contributed by atoms with E-state index in [2.05, 4.69) is 10.6 Å². The van der Waals surface area contributed by atoms with E-state index in [-0.39, 0.29) is 31.4 Å². The zero-order valence-electron chi connectivity index (χ0n) is 15.1. The summed E-state index contributed by atoms with van der Waals surface area (Å²) in [6.07, 6.45) is -3.65. The molecule has 0 aromatic heterocycles. The molecule has 2 aromatic carbocycles. The Bertz CT molecular complexity index is 763. The highest BCUT2D eigenvalue weighted by atomic mass is 19.4. The Balaban J connectivity index is 1.56. The number of amides is 2. The summed E-state index contributed by atoms with van der Waals surface area (Å²) in [6, 6.07) is 13.1. The fourth-order valence-corrected chi connectivity index (χ4v) is 2.33. The maximum Gasteiger partial charge on any atom is 0.416 e. The molecule has 0 atom stereocenters. The molecule has 0 bridgehead atoms. The number of carbonyl (C=O) groups is 2. The molecule has 0 spiro atoms. The van der Waals surface area contributed by atoms with E-state index in [9.17, 15) is 22.8 Å². The fraction of sp³-hybridized carbons (Fsp3) is 0.300. The second kappa shape index (κ2) is 10.3. The molecule has 0 saturated carbocycles. The first-order valence-corrected chi connectivity index (χ1v) is 8.76.